The molecule has 18 heavy (non-hydrogen) atoms. The molecule has 2 aliphatic rings. The first-order valence-corrected chi connectivity index (χ1v) is 6.84. The van der Waals surface area contributed by atoms with Crippen LogP contribution in [0, 0.1) is 11.8 Å². The average molecular weight is 243 g/mol. The van der Waals surface area contributed by atoms with Crippen molar-refractivity contribution in [1.82, 2.24) is 5.32 Å². The van der Waals surface area contributed by atoms with Gasteiger partial charge in [0.2, 0.25) is 0 Å². The molecule has 1 saturated carbocycles. The largest absolute Gasteiger partial charge is 0.497 e. The number of rotatable bonds is 4. The van der Waals surface area contributed by atoms with Crippen LogP contribution in [0.4, 0.5) is 0 Å². The molecule has 1 N–H and O–H groups in total. The highest BCUT2D eigenvalue weighted by atomic mass is 16.5. The van der Waals surface area contributed by atoms with Gasteiger partial charge in [-0.15, -0.1) is 0 Å². The van der Waals surface area contributed by atoms with Gasteiger partial charge in [-0.1, -0.05) is 24.3 Å². The fourth-order valence-corrected chi connectivity index (χ4v) is 3.22. The molecule has 0 heterocycles. The molecule has 0 aromatic heterocycles. The Kier molecular flexibility index (Phi) is 3.13. The van der Waals surface area contributed by atoms with Crippen LogP contribution in [0.15, 0.2) is 36.4 Å². The van der Waals surface area contributed by atoms with E-state index in [1.54, 1.807) is 7.11 Å². The van der Waals surface area contributed by atoms with Crippen molar-refractivity contribution in [3.8, 4) is 5.75 Å². The lowest BCUT2D eigenvalue weighted by Crippen LogP contribution is -2.48. The van der Waals surface area contributed by atoms with Crippen molar-refractivity contribution in [2.45, 2.75) is 31.8 Å². The van der Waals surface area contributed by atoms with Gasteiger partial charge in [0.25, 0.3) is 0 Å². The third-order valence-electron chi connectivity index (χ3n) is 4.44. The van der Waals surface area contributed by atoms with E-state index in [4.69, 9.17) is 4.74 Å². The van der Waals surface area contributed by atoms with Gasteiger partial charge in [0.15, 0.2) is 0 Å². The summed E-state index contributed by atoms with van der Waals surface area (Å²) >= 11 is 0. The zero-order valence-corrected chi connectivity index (χ0v) is 11.1. The molecule has 0 radical (unpaired) electrons. The first kappa shape index (κ1) is 11.8. The zero-order chi connectivity index (χ0) is 12.5. The van der Waals surface area contributed by atoms with E-state index in [0.29, 0.717) is 12.1 Å². The Hall–Kier alpha value is -1.28. The molecule has 1 fully saturated rings. The van der Waals surface area contributed by atoms with Crippen molar-refractivity contribution in [1.29, 1.82) is 0 Å². The molecular weight excluding hydrogens is 222 g/mol. The second-order valence-corrected chi connectivity index (χ2v) is 5.50. The first-order valence-electron chi connectivity index (χ1n) is 6.84. The smallest absolute Gasteiger partial charge is 0.118 e. The van der Waals surface area contributed by atoms with Gasteiger partial charge in [0.05, 0.1) is 7.11 Å². The number of ether oxygens (including phenoxy) is 1. The topological polar surface area (TPSA) is 21.3 Å². The summed E-state index contributed by atoms with van der Waals surface area (Å²) in [6.45, 7) is 2.24. The minimum Gasteiger partial charge on any atom is -0.497 e. The van der Waals surface area contributed by atoms with Crippen LogP contribution in [-0.4, -0.2) is 13.2 Å². The molecule has 2 heteroatoms. The van der Waals surface area contributed by atoms with Gasteiger partial charge < -0.3 is 10.1 Å². The lowest BCUT2D eigenvalue weighted by atomic mass is 9.71. The maximum absolute atomic E-state index is 5.19. The van der Waals surface area contributed by atoms with Gasteiger partial charge in [-0.2, -0.15) is 0 Å². The van der Waals surface area contributed by atoms with Crippen molar-refractivity contribution < 1.29 is 4.74 Å². The molecule has 2 aliphatic carbocycles. The van der Waals surface area contributed by atoms with Crippen LogP contribution in [0.3, 0.4) is 0 Å². The second-order valence-electron chi connectivity index (χ2n) is 5.50. The highest BCUT2D eigenvalue weighted by molar-refractivity contribution is 5.29. The van der Waals surface area contributed by atoms with Crippen molar-refractivity contribution in [2.24, 2.45) is 11.8 Å². The van der Waals surface area contributed by atoms with Crippen LogP contribution in [0.5, 0.6) is 5.75 Å². The first-order chi connectivity index (χ1) is 8.78. The molecule has 1 aromatic rings. The van der Waals surface area contributed by atoms with Gasteiger partial charge in [0, 0.05) is 12.1 Å². The van der Waals surface area contributed by atoms with E-state index in [-0.39, 0.29) is 0 Å². The third-order valence-corrected chi connectivity index (χ3v) is 4.44. The Morgan fingerprint density at radius 1 is 1.28 bits per heavy atom. The number of nitrogens with one attached hydrogen (secondary N) is 1. The SMILES string of the molecule is COc1ccc([C@H](C)NC2CC3CC=CC32)cc1. The summed E-state index contributed by atoms with van der Waals surface area (Å²) in [5.74, 6) is 2.63. The Bertz CT molecular complexity index is 437. The highest BCUT2D eigenvalue weighted by Crippen LogP contribution is 2.43. The summed E-state index contributed by atoms with van der Waals surface area (Å²) in [6, 6.07) is 9.45. The van der Waals surface area contributed by atoms with E-state index in [0.717, 1.165) is 17.6 Å². The minimum atomic E-state index is 0.413. The van der Waals surface area contributed by atoms with Crippen molar-refractivity contribution >= 4 is 0 Å². The number of benzene rings is 1. The summed E-state index contributed by atoms with van der Waals surface area (Å²) in [5, 5.41) is 3.75. The molecule has 96 valence electrons. The van der Waals surface area contributed by atoms with E-state index < -0.39 is 0 Å². The Morgan fingerprint density at radius 2 is 2.06 bits per heavy atom. The predicted octanol–water partition coefficient (Wildman–Crippen LogP) is 3.31. The molecular formula is C16H21NO. The number of hydrogen-bond acceptors (Lipinski definition) is 2. The van der Waals surface area contributed by atoms with Crippen LogP contribution in [0.2, 0.25) is 0 Å². The minimum absolute atomic E-state index is 0.413. The second kappa shape index (κ2) is 4.77. The van der Waals surface area contributed by atoms with Crippen LogP contribution in [0.1, 0.15) is 31.4 Å². The molecule has 3 unspecified atom stereocenters. The normalized spacial score (nSPS) is 30.7. The number of hydrogen-bond donors (Lipinski definition) is 1. The summed E-state index contributed by atoms with van der Waals surface area (Å²) < 4.78 is 5.19. The maximum Gasteiger partial charge on any atom is 0.118 e. The van der Waals surface area contributed by atoms with Crippen LogP contribution < -0.4 is 10.1 Å². The lowest BCUT2D eigenvalue weighted by Gasteiger charge is -2.42. The monoisotopic (exact) mass is 243 g/mol. The Balaban J connectivity index is 1.60. The van der Waals surface area contributed by atoms with Gasteiger partial charge >= 0.3 is 0 Å². The summed E-state index contributed by atoms with van der Waals surface area (Å²) in [4.78, 5) is 0. The van der Waals surface area contributed by atoms with Crippen molar-refractivity contribution in [3.63, 3.8) is 0 Å². The zero-order valence-electron chi connectivity index (χ0n) is 11.1. The molecule has 0 aliphatic heterocycles. The van der Waals surface area contributed by atoms with E-state index in [1.807, 2.05) is 12.1 Å². The van der Waals surface area contributed by atoms with Gasteiger partial charge in [-0.05, 0) is 49.3 Å². The van der Waals surface area contributed by atoms with Crippen LogP contribution in [-0.2, 0) is 0 Å². The van der Waals surface area contributed by atoms with Crippen LogP contribution in [0.25, 0.3) is 0 Å². The summed E-state index contributed by atoms with van der Waals surface area (Å²) in [6.07, 6.45) is 7.36. The molecule has 2 nitrogen and oxygen atoms in total. The fourth-order valence-electron chi connectivity index (χ4n) is 3.22. The van der Waals surface area contributed by atoms with Crippen molar-refractivity contribution in [2.75, 3.05) is 7.11 Å². The lowest BCUT2D eigenvalue weighted by molar-refractivity contribution is 0.152. The number of fused-ring (bicyclic) bond motifs is 1. The number of allylic oxidation sites excluding steroid dienone is 1. The molecule has 1 aromatic carbocycles. The van der Waals surface area contributed by atoms with E-state index >= 15 is 0 Å². The maximum atomic E-state index is 5.19. The Morgan fingerprint density at radius 3 is 2.72 bits per heavy atom. The standard InChI is InChI=1S/C16H21NO/c1-11(12-6-8-14(18-2)9-7-12)17-16-10-13-4-3-5-15(13)16/h3,5-9,11,13,15-17H,4,10H2,1-2H3/t11-,13?,15?,16?/m0/s1. The van der Waals surface area contributed by atoms with Gasteiger partial charge in [-0.25, -0.2) is 0 Å². The quantitative estimate of drug-likeness (QED) is 0.819. The summed E-state index contributed by atoms with van der Waals surface area (Å²) in [5.41, 5.74) is 1.33. The van der Waals surface area contributed by atoms with Crippen molar-refractivity contribution in [3.05, 3.63) is 42.0 Å². The average Bonchev–Trinajstić information content (AvgIpc) is 2.77. The highest BCUT2D eigenvalue weighted by Gasteiger charge is 2.41. The molecule has 0 spiro atoms. The fraction of sp³-hybridized carbons (Fsp3) is 0.500. The molecule has 0 bridgehead atoms. The van der Waals surface area contributed by atoms with Gasteiger partial charge in [-0.3, -0.25) is 0 Å². The third kappa shape index (κ3) is 2.05. The molecule has 0 saturated heterocycles. The van der Waals surface area contributed by atoms with Gasteiger partial charge in [0.1, 0.15) is 5.75 Å². The number of methoxy groups -OCH3 is 1. The summed E-state index contributed by atoms with van der Waals surface area (Å²) in [7, 11) is 1.71. The van der Waals surface area contributed by atoms with E-state index in [2.05, 4.69) is 36.5 Å². The predicted molar refractivity (Wildman–Crippen MR) is 73.7 cm³/mol. The van der Waals surface area contributed by atoms with Crippen LogP contribution >= 0.6 is 0 Å². The molecule has 0 amide bonds. The Labute approximate surface area is 109 Å². The van der Waals surface area contributed by atoms with E-state index in [1.165, 1.54) is 18.4 Å². The molecule has 4 atom stereocenters. The molecule has 3 rings (SSSR count). The van der Waals surface area contributed by atoms with E-state index in [9.17, 15) is 0 Å².